The predicted octanol–water partition coefficient (Wildman–Crippen LogP) is 2.48. The second-order valence-electron chi connectivity index (χ2n) is 4.47. The van der Waals surface area contributed by atoms with E-state index in [4.69, 9.17) is 4.74 Å². The van der Waals surface area contributed by atoms with Gasteiger partial charge in [0.25, 0.3) is 0 Å². The first-order valence-electron chi connectivity index (χ1n) is 6.21. The van der Waals surface area contributed by atoms with Crippen LogP contribution >= 0.6 is 15.9 Å². The van der Waals surface area contributed by atoms with Crippen molar-refractivity contribution in [1.82, 2.24) is 5.32 Å². The first-order chi connectivity index (χ1) is 7.72. The summed E-state index contributed by atoms with van der Waals surface area (Å²) < 4.78 is 5.18. The van der Waals surface area contributed by atoms with Crippen LogP contribution < -0.4 is 5.32 Å². The van der Waals surface area contributed by atoms with E-state index >= 15 is 0 Å². The fourth-order valence-electron chi connectivity index (χ4n) is 1.94. The Kier molecular flexibility index (Phi) is 7.05. The van der Waals surface area contributed by atoms with Crippen LogP contribution in [0.4, 0.5) is 0 Å². The van der Waals surface area contributed by atoms with Crippen molar-refractivity contribution < 1.29 is 9.53 Å². The number of hydrogen-bond acceptors (Lipinski definition) is 2. The van der Waals surface area contributed by atoms with Crippen LogP contribution in [0.5, 0.6) is 0 Å². The maximum absolute atomic E-state index is 11.4. The second kappa shape index (κ2) is 8.07. The Morgan fingerprint density at radius 1 is 1.38 bits per heavy atom. The van der Waals surface area contributed by atoms with Crippen molar-refractivity contribution in [1.29, 1.82) is 0 Å². The van der Waals surface area contributed by atoms with Gasteiger partial charge in [-0.15, -0.1) is 0 Å². The highest BCUT2D eigenvalue weighted by atomic mass is 79.9. The summed E-state index contributed by atoms with van der Waals surface area (Å²) in [7, 11) is 0. The van der Waals surface area contributed by atoms with Gasteiger partial charge in [0, 0.05) is 18.0 Å². The average molecular weight is 292 g/mol. The lowest BCUT2D eigenvalue weighted by molar-refractivity contribution is -0.125. The van der Waals surface area contributed by atoms with Crippen molar-refractivity contribution in [2.45, 2.75) is 43.9 Å². The SMILES string of the molecule is CCCOCC(=O)NCC1CCC(Br)CC1. The Balaban J connectivity index is 2.03. The topological polar surface area (TPSA) is 38.3 Å². The van der Waals surface area contributed by atoms with E-state index in [1.165, 1.54) is 25.7 Å². The van der Waals surface area contributed by atoms with Gasteiger partial charge in [0.2, 0.25) is 5.91 Å². The number of amides is 1. The molecule has 1 amide bonds. The fraction of sp³-hybridized carbons (Fsp3) is 0.917. The number of carbonyl (C=O) groups is 1. The van der Waals surface area contributed by atoms with Gasteiger partial charge < -0.3 is 10.1 Å². The minimum absolute atomic E-state index is 0.0226. The molecule has 1 aliphatic rings. The van der Waals surface area contributed by atoms with Crippen LogP contribution in [0.15, 0.2) is 0 Å². The van der Waals surface area contributed by atoms with E-state index in [1.54, 1.807) is 0 Å². The lowest BCUT2D eigenvalue weighted by atomic mass is 9.89. The van der Waals surface area contributed by atoms with E-state index in [2.05, 4.69) is 21.2 Å². The van der Waals surface area contributed by atoms with E-state index < -0.39 is 0 Å². The molecule has 0 saturated heterocycles. The highest BCUT2D eigenvalue weighted by Crippen LogP contribution is 2.27. The van der Waals surface area contributed by atoms with Gasteiger partial charge in [0.15, 0.2) is 0 Å². The van der Waals surface area contributed by atoms with E-state index in [-0.39, 0.29) is 12.5 Å². The van der Waals surface area contributed by atoms with Crippen LogP contribution in [-0.2, 0) is 9.53 Å². The van der Waals surface area contributed by atoms with Crippen LogP contribution in [0.25, 0.3) is 0 Å². The Morgan fingerprint density at radius 2 is 2.06 bits per heavy atom. The molecule has 0 aromatic rings. The normalized spacial score (nSPS) is 25.4. The van der Waals surface area contributed by atoms with E-state index in [0.29, 0.717) is 17.4 Å². The van der Waals surface area contributed by atoms with E-state index in [9.17, 15) is 4.79 Å². The molecule has 0 aliphatic heterocycles. The molecule has 0 bridgehead atoms. The summed E-state index contributed by atoms with van der Waals surface area (Å²) in [6.07, 6.45) is 5.85. The summed E-state index contributed by atoms with van der Waals surface area (Å²) in [4.78, 5) is 12.1. The number of carbonyl (C=O) groups excluding carboxylic acids is 1. The number of nitrogens with one attached hydrogen (secondary N) is 1. The zero-order valence-corrected chi connectivity index (χ0v) is 11.6. The van der Waals surface area contributed by atoms with E-state index in [0.717, 1.165) is 13.0 Å². The van der Waals surface area contributed by atoms with Gasteiger partial charge in [-0.05, 0) is 38.0 Å². The molecule has 0 aromatic heterocycles. The molecule has 0 spiro atoms. The van der Waals surface area contributed by atoms with Crippen molar-refractivity contribution in [2.75, 3.05) is 19.8 Å². The standard InChI is InChI=1S/C12H22BrNO2/c1-2-7-16-9-12(15)14-8-10-3-5-11(13)6-4-10/h10-11H,2-9H2,1H3,(H,14,15). The average Bonchev–Trinajstić information content (AvgIpc) is 2.29. The van der Waals surface area contributed by atoms with Crippen LogP contribution in [-0.4, -0.2) is 30.5 Å². The molecule has 0 atom stereocenters. The third-order valence-corrected chi connectivity index (χ3v) is 3.86. The van der Waals surface area contributed by atoms with Gasteiger partial charge in [-0.1, -0.05) is 22.9 Å². The number of alkyl halides is 1. The number of halogens is 1. The summed E-state index contributed by atoms with van der Waals surface area (Å²) in [5.74, 6) is 0.679. The minimum atomic E-state index is 0.0226. The van der Waals surface area contributed by atoms with E-state index in [1.807, 2.05) is 6.92 Å². The molecular formula is C12H22BrNO2. The molecule has 3 nitrogen and oxygen atoms in total. The monoisotopic (exact) mass is 291 g/mol. The molecule has 0 aromatic carbocycles. The van der Waals surface area contributed by atoms with Crippen LogP contribution in [0, 0.1) is 5.92 Å². The van der Waals surface area contributed by atoms with Gasteiger partial charge in [0.1, 0.15) is 6.61 Å². The molecule has 1 aliphatic carbocycles. The van der Waals surface area contributed by atoms with Gasteiger partial charge in [-0.2, -0.15) is 0 Å². The molecule has 0 radical (unpaired) electrons. The Bertz CT molecular complexity index is 203. The van der Waals surface area contributed by atoms with Crippen LogP contribution in [0.3, 0.4) is 0 Å². The lowest BCUT2D eigenvalue weighted by Crippen LogP contribution is -2.33. The highest BCUT2D eigenvalue weighted by Gasteiger charge is 2.19. The zero-order chi connectivity index (χ0) is 11.8. The molecule has 0 unspecified atom stereocenters. The number of hydrogen-bond donors (Lipinski definition) is 1. The van der Waals surface area contributed by atoms with Crippen molar-refractivity contribution in [3.05, 3.63) is 0 Å². The summed E-state index contributed by atoms with van der Waals surface area (Å²) in [6.45, 7) is 3.73. The van der Waals surface area contributed by atoms with Crippen molar-refractivity contribution in [3.8, 4) is 0 Å². The molecule has 0 heterocycles. The summed E-state index contributed by atoms with van der Waals surface area (Å²) in [6, 6.07) is 0. The Hall–Kier alpha value is -0.0900. The molecular weight excluding hydrogens is 270 g/mol. The molecule has 4 heteroatoms. The first kappa shape index (κ1) is 14.0. The molecule has 1 N–H and O–H groups in total. The smallest absolute Gasteiger partial charge is 0.246 e. The number of rotatable bonds is 6. The maximum Gasteiger partial charge on any atom is 0.246 e. The van der Waals surface area contributed by atoms with Gasteiger partial charge in [-0.3, -0.25) is 4.79 Å². The summed E-state index contributed by atoms with van der Waals surface area (Å²) in [5.41, 5.74) is 0. The molecule has 1 saturated carbocycles. The third kappa shape index (κ3) is 5.85. The summed E-state index contributed by atoms with van der Waals surface area (Å²) in [5, 5.41) is 2.95. The third-order valence-electron chi connectivity index (χ3n) is 2.95. The van der Waals surface area contributed by atoms with Crippen LogP contribution in [0.2, 0.25) is 0 Å². The maximum atomic E-state index is 11.4. The van der Waals surface area contributed by atoms with Crippen molar-refractivity contribution >= 4 is 21.8 Å². The van der Waals surface area contributed by atoms with Crippen molar-refractivity contribution in [2.24, 2.45) is 5.92 Å². The molecule has 16 heavy (non-hydrogen) atoms. The molecule has 1 fully saturated rings. The minimum Gasteiger partial charge on any atom is -0.372 e. The van der Waals surface area contributed by atoms with Gasteiger partial charge in [0.05, 0.1) is 0 Å². The second-order valence-corrected chi connectivity index (χ2v) is 5.77. The molecule has 1 rings (SSSR count). The van der Waals surface area contributed by atoms with Crippen LogP contribution in [0.1, 0.15) is 39.0 Å². The summed E-state index contributed by atoms with van der Waals surface area (Å²) >= 11 is 3.63. The Labute approximate surface area is 106 Å². The largest absolute Gasteiger partial charge is 0.372 e. The van der Waals surface area contributed by atoms with Crippen molar-refractivity contribution in [3.63, 3.8) is 0 Å². The quantitative estimate of drug-likeness (QED) is 0.603. The first-order valence-corrected chi connectivity index (χ1v) is 7.12. The fourth-order valence-corrected chi connectivity index (χ4v) is 2.47. The number of ether oxygens (including phenoxy) is 1. The Morgan fingerprint density at radius 3 is 2.69 bits per heavy atom. The predicted molar refractivity (Wildman–Crippen MR) is 68.8 cm³/mol. The highest BCUT2D eigenvalue weighted by molar-refractivity contribution is 9.09. The molecule has 94 valence electrons. The van der Waals surface area contributed by atoms with Gasteiger partial charge >= 0.3 is 0 Å². The lowest BCUT2D eigenvalue weighted by Gasteiger charge is -2.25. The van der Waals surface area contributed by atoms with Gasteiger partial charge in [-0.25, -0.2) is 0 Å². The zero-order valence-electron chi connectivity index (χ0n) is 10.0.